The molecule has 0 spiro atoms. The number of H-pyrrole nitrogens is 1. The number of rotatable bonds is 2. The van der Waals surface area contributed by atoms with Crippen molar-refractivity contribution < 1.29 is 9.53 Å². The van der Waals surface area contributed by atoms with Gasteiger partial charge in [0, 0.05) is 57.4 Å². The molecule has 1 aliphatic heterocycles. The van der Waals surface area contributed by atoms with Crippen LogP contribution in [0.15, 0.2) is 79.0 Å². The fourth-order valence-electron chi connectivity index (χ4n) is 5.07. The minimum atomic E-state index is -1.02. The summed E-state index contributed by atoms with van der Waals surface area (Å²) in [5.74, 6) is -0.289. The van der Waals surface area contributed by atoms with Crippen LogP contribution in [0.4, 0.5) is 0 Å². The van der Waals surface area contributed by atoms with Gasteiger partial charge in [-0.15, -0.1) is 0 Å². The van der Waals surface area contributed by atoms with Gasteiger partial charge in [0.2, 0.25) is 0 Å². The first kappa shape index (κ1) is 17.1. The van der Waals surface area contributed by atoms with Gasteiger partial charge < -0.3 is 14.3 Å². The molecule has 1 unspecified atom stereocenters. The van der Waals surface area contributed by atoms with Crippen molar-refractivity contribution in [2.24, 2.45) is 7.05 Å². The number of fused-ring (bicyclic) bond motifs is 3. The molecule has 3 aromatic carbocycles. The van der Waals surface area contributed by atoms with Gasteiger partial charge in [0.25, 0.3) is 0 Å². The number of ether oxygens (including phenoxy) is 1. The first-order valence-corrected chi connectivity index (χ1v) is 10.1. The average Bonchev–Trinajstić information content (AvgIpc) is 3.41. The summed E-state index contributed by atoms with van der Waals surface area (Å²) in [5, 5.41) is 2.14. The molecule has 0 amide bonds. The molecule has 1 N–H and O–H groups in total. The standard InChI is InChI=1S/C26H20N2O2/c1-16-24(19-11-5-8-14-23(19)28(16)2)26(20-12-6-3-10-18(20)25(29)30-26)21-15-27-22-13-7-4-9-17(21)22/h3-15,27H,1-2H3. The monoisotopic (exact) mass is 392 g/mol. The van der Waals surface area contributed by atoms with Crippen LogP contribution in [0.25, 0.3) is 21.8 Å². The molecule has 1 aliphatic rings. The van der Waals surface area contributed by atoms with Crippen molar-refractivity contribution in [1.29, 1.82) is 0 Å². The second kappa shape index (κ2) is 5.86. The molecular weight excluding hydrogens is 372 g/mol. The van der Waals surface area contributed by atoms with E-state index in [1.165, 1.54) is 0 Å². The van der Waals surface area contributed by atoms with Crippen LogP contribution < -0.4 is 0 Å². The van der Waals surface area contributed by atoms with E-state index in [2.05, 4.69) is 41.7 Å². The second-order valence-electron chi connectivity index (χ2n) is 7.90. The van der Waals surface area contributed by atoms with Crippen LogP contribution in [0.5, 0.6) is 0 Å². The molecule has 0 fully saturated rings. The van der Waals surface area contributed by atoms with Crippen molar-refractivity contribution in [2.75, 3.05) is 0 Å². The number of esters is 1. The van der Waals surface area contributed by atoms with Crippen LogP contribution in [-0.4, -0.2) is 15.5 Å². The Labute approximate surface area is 173 Å². The smallest absolute Gasteiger partial charge is 0.340 e. The van der Waals surface area contributed by atoms with Gasteiger partial charge in [-0.3, -0.25) is 0 Å². The zero-order valence-electron chi connectivity index (χ0n) is 16.8. The summed E-state index contributed by atoms with van der Waals surface area (Å²) < 4.78 is 8.56. The highest BCUT2D eigenvalue weighted by Crippen LogP contribution is 2.52. The first-order chi connectivity index (χ1) is 14.6. The third kappa shape index (κ3) is 1.98. The van der Waals surface area contributed by atoms with Gasteiger partial charge in [0.15, 0.2) is 5.60 Å². The largest absolute Gasteiger partial charge is 0.440 e. The number of nitrogens with zero attached hydrogens (tertiary/aromatic N) is 1. The number of carbonyl (C=O) groups is 1. The molecule has 0 saturated heterocycles. The van der Waals surface area contributed by atoms with Crippen LogP contribution >= 0.6 is 0 Å². The number of cyclic esters (lactones) is 1. The number of aryl methyl sites for hydroxylation is 1. The third-order valence-electron chi connectivity index (χ3n) is 6.49. The summed E-state index contributed by atoms with van der Waals surface area (Å²) in [4.78, 5) is 16.5. The minimum Gasteiger partial charge on any atom is -0.440 e. The molecule has 0 saturated carbocycles. The molecular formula is C26H20N2O2. The van der Waals surface area contributed by atoms with E-state index in [9.17, 15) is 4.79 Å². The molecule has 0 aliphatic carbocycles. The number of aromatic amines is 1. The minimum absolute atomic E-state index is 0.289. The van der Waals surface area contributed by atoms with Crippen LogP contribution in [0.3, 0.4) is 0 Å². The molecule has 1 atom stereocenters. The van der Waals surface area contributed by atoms with Crippen molar-refractivity contribution in [1.82, 2.24) is 9.55 Å². The summed E-state index contributed by atoms with van der Waals surface area (Å²) >= 11 is 0. The maximum Gasteiger partial charge on any atom is 0.340 e. The zero-order valence-corrected chi connectivity index (χ0v) is 16.8. The van der Waals surface area contributed by atoms with E-state index in [0.29, 0.717) is 5.56 Å². The molecule has 0 bridgehead atoms. The second-order valence-corrected chi connectivity index (χ2v) is 7.90. The maximum atomic E-state index is 13.1. The summed E-state index contributed by atoms with van der Waals surface area (Å²) in [7, 11) is 2.06. The number of aromatic nitrogens is 2. The van der Waals surface area contributed by atoms with Crippen LogP contribution in [0.1, 0.15) is 32.7 Å². The summed E-state index contributed by atoms with van der Waals surface area (Å²) in [6.07, 6.45) is 1.99. The Hall–Kier alpha value is -3.79. The molecule has 4 nitrogen and oxygen atoms in total. The average molecular weight is 392 g/mol. The van der Waals surface area contributed by atoms with E-state index in [1.807, 2.05) is 60.8 Å². The number of hydrogen-bond acceptors (Lipinski definition) is 2. The lowest BCUT2D eigenvalue weighted by Crippen LogP contribution is -2.30. The van der Waals surface area contributed by atoms with Crippen molar-refractivity contribution in [3.8, 4) is 0 Å². The molecule has 4 heteroatoms. The zero-order chi connectivity index (χ0) is 20.5. The molecule has 146 valence electrons. The summed E-state index contributed by atoms with van der Waals surface area (Å²) in [6, 6.07) is 24.2. The number of benzene rings is 3. The van der Waals surface area contributed by atoms with E-state index in [0.717, 1.165) is 44.2 Å². The predicted octanol–water partition coefficient (Wildman–Crippen LogP) is 5.43. The number of nitrogens with one attached hydrogen (secondary N) is 1. The van der Waals surface area contributed by atoms with Gasteiger partial charge in [-0.25, -0.2) is 4.79 Å². The first-order valence-electron chi connectivity index (χ1n) is 10.1. The lowest BCUT2D eigenvalue weighted by Gasteiger charge is -2.30. The molecule has 3 heterocycles. The normalized spacial score (nSPS) is 18.1. The fourth-order valence-corrected chi connectivity index (χ4v) is 5.07. The highest BCUT2D eigenvalue weighted by molar-refractivity contribution is 6.00. The van der Waals surface area contributed by atoms with Gasteiger partial charge in [-0.1, -0.05) is 54.6 Å². The van der Waals surface area contributed by atoms with Gasteiger partial charge in [-0.2, -0.15) is 0 Å². The van der Waals surface area contributed by atoms with Gasteiger partial charge in [0.05, 0.1) is 5.56 Å². The Balaban J connectivity index is 1.83. The van der Waals surface area contributed by atoms with Gasteiger partial charge in [-0.05, 0) is 25.1 Å². The van der Waals surface area contributed by atoms with E-state index < -0.39 is 5.60 Å². The lowest BCUT2D eigenvalue weighted by molar-refractivity contribution is 0.0258. The summed E-state index contributed by atoms with van der Waals surface area (Å²) in [5.41, 5.74) is 5.67. The molecule has 6 rings (SSSR count). The quantitative estimate of drug-likeness (QED) is 0.407. The topological polar surface area (TPSA) is 47.0 Å². The third-order valence-corrected chi connectivity index (χ3v) is 6.49. The van der Waals surface area contributed by atoms with E-state index in [4.69, 9.17) is 4.74 Å². The van der Waals surface area contributed by atoms with Gasteiger partial charge >= 0.3 is 5.97 Å². The van der Waals surface area contributed by atoms with Crippen LogP contribution in [-0.2, 0) is 17.4 Å². The molecule has 30 heavy (non-hydrogen) atoms. The lowest BCUT2D eigenvalue weighted by atomic mass is 9.78. The van der Waals surface area contributed by atoms with E-state index in [-0.39, 0.29) is 5.97 Å². The van der Waals surface area contributed by atoms with Crippen molar-refractivity contribution in [2.45, 2.75) is 12.5 Å². The van der Waals surface area contributed by atoms with Crippen molar-refractivity contribution >= 4 is 27.8 Å². The summed E-state index contributed by atoms with van der Waals surface area (Å²) in [6.45, 7) is 2.10. The number of para-hydroxylation sites is 2. The van der Waals surface area contributed by atoms with E-state index >= 15 is 0 Å². The van der Waals surface area contributed by atoms with Crippen LogP contribution in [0, 0.1) is 6.92 Å². The molecule has 0 radical (unpaired) electrons. The van der Waals surface area contributed by atoms with Gasteiger partial charge in [0.1, 0.15) is 0 Å². The Kier molecular flexibility index (Phi) is 3.34. The van der Waals surface area contributed by atoms with E-state index in [1.54, 1.807) is 0 Å². The van der Waals surface area contributed by atoms with Crippen molar-refractivity contribution in [3.05, 3.63) is 107 Å². The fraction of sp³-hybridized carbons (Fsp3) is 0.115. The highest BCUT2D eigenvalue weighted by Gasteiger charge is 2.51. The number of hydrogen-bond donors (Lipinski definition) is 1. The highest BCUT2D eigenvalue weighted by atomic mass is 16.6. The Bertz CT molecular complexity index is 1470. The SMILES string of the molecule is Cc1c(C2(c3c[nH]c4ccccc34)OC(=O)c3ccccc32)c2ccccc2n1C. The predicted molar refractivity (Wildman–Crippen MR) is 118 cm³/mol. The van der Waals surface area contributed by atoms with Crippen molar-refractivity contribution in [3.63, 3.8) is 0 Å². The maximum absolute atomic E-state index is 13.1. The Morgan fingerprint density at radius 1 is 0.867 bits per heavy atom. The molecule has 2 aromatic heterocycles. The molecule has 5 aromatic rings. The Morgan fingerprint density at radius 2 is 1.57 bits per heavy atom. The Morgan fingerprint density at radius 3 is 2.43 bits per heavy atom. The number of carbonyl (C=O) groups excluding carboxylic acids is 1. The van der Waals surface area contributed by atoms with Crippen LogP contribution in [0.2, 0.25) is 0 Å².